The maximum atomic E-state index is 5.94. The summed E-state index contributed by atoms with van der Waals surface area (Å²) >= 11 is 1.73. The van der Waals surface area contributed by atoms with E-state index in [1.54, 1.807) is 18.4 Å². The van der Waals surface area contributed by atoms with Crippen LogP contribution in [-0.2, 0) is 12.8 Å². The van der Waals surface area contributed by atoms with Crippen LogP contribution < -0.4 is 15.4 Å². The summed E-state index contributed by atoms with van der Waals surface area (Å²) in [6.07, 6.45) is 3.16. The van der Waals surface area contributed by atoms with Gasteiger partial charge in [0.25, 0.3) is 0 Å². The molecule has 0 bridgehead atoms. The van der Waals surface area contributed by atoms with Gasteiger partial charge in [0, 0.05) is 37.5 Å². The average Bonchev–Trinajstić information content (AvgIpc) is 3.19. The zero-order valence-corrected chi connectivity index (χ0v) is 15.0. The molecule has 0 aliphatic carbocycles. The van der Waals surface area contributed by atoms with Gasteiger partial charge in [-0.3, -0.25) is 4.99 Å². The van der Waals surface area contributed by atoms with Gasteiger partial charge in [-0.05, 0) is 25.0 Å². The highest BCUT2D eigenvalue weighted by atomic mass is 32.1. The molecule has 0 amide bonds. The van der Waals surface area contributed by atoms with Crippen molar-refractivity contribution in [3.05, 3.63) is 45.9 Å². The summed E-state index contributed by atoms with van der Waals surface area (Å²) in [4.78, 5) is 8.76. The fraction of sp³-hybridized carbons (Fsp3) is 0.444. The van der Waals surface area contributed by atoms with Gasteiger partial charge in [0.2, 0.25) is 0 Å². The van der Waals surface area contributed by atoms with Gasteiger partial charge in [-0.1, -0.05) is 18.2 Å². The molecule has 1 aromatic carbocycles. The predicted octanol–water partition coefficient (Wildman–Crippen LogP) is 2.55. The second kappa shape index (κ2) is 8.15. The summed E-state index contributed by atoms with van der Waals surface area (Å²) < 4.78 is 5.94. The van der Waals surface area contributed by atoms with Gasteiger partial charge < -0.3 is 15.4 Å². The van der Waals surface area contributed by atoms with Crippen LogP contribution in [-0.4, -0.2) is 37.2 Å². The van der Waals surface area contributed by atoms with Gasteiger partial charge in [-0.15, -0.1) is 11.3 Å². The van der Waals surface area contributed by atoms with Gasteiger partial charge in [-0.2, -0.15) is 0 Å². The summed E-state index contributed by atoms with van der Waals surface area (Å²) in [6, 6.07) is 8.23. The fourth-order valence-corrected chi connectivity index (χ4v) is 3.58. The number of thiazole rings is 1. The maximum Gasteiger partial charge on any atom is 0.191 e. The van der Waals surface area contributed by atoms with Gasteiger partial charge >= 0.3 is 0 Å². The molecule has 1 unspecified atom stereocenters. The molecular weight excluding hydrogens is 320 g/mol. The van der Waals surface area contributed by atoms with Crippen LogP contribution in [0.2, 0.25) is 0 Å². The fourth-order valence-electron chi connectivity index (χ4n) is 2.76. The van der Waals surface area contributed by atoms with Gasteiger partial charge in [0.05, 0.1) is 11.6 Å². The number of nitrogens with zero attached hydrogens (tertiary/aromatic N) is 2. The third kappa shape index (κ3) is 4.47. The Morgan fingerprint density at radius 3 is 3.00 bits per heavy atom. The van der Waals surface area contributed by atoms with Crippen molar-refractivity contribution in [2.24, 2.45) is 4.99 Å². The van der Waals surface area contributed by atoms with Crippen molar-refractivity contribution in [2.45, 2.75) is 32.3 Å². The number of aliphatic imine (C=N–C) groups is 1. The van der Waals surface area contributed by atoms with Gasteiger partial charge in [-0.25, -0.2) is 4.98 Å². The van der Waals surface area contributed by atoms with Crippen molar-refractivity contribution in [3.8, 4) is 5.75 Å². The average molecular weight is 344 g/mol. The second-order valence-corrected chi connectivity index (χ2v) is 6.86. The summed E-state index contributed by atoms with van der Waals surface area (Å²) in [6.45, 7) is 3.66. The van der Waals surface area contributed by atoms with Crippen LogP contribution in [0.3, 0.4) is 0 Å². The first-order chi connectivity index (χ1) is 11.7. The Balaban J connectivity index is 1.35. The van der Waals surface area contributed by atoms with Crippen LogP contribution >= 0.6 is 11.3 Å². The first-order valence-electron chi connectivity index (χ1n) is 8.34. The number of hydrogen-bond donors (Lipinski definition) is 2. The molecule has 1 aliphatic heterocycles. The lowest BCUT2D eigenvalue weighted by atomic mass is 10.1. The Morgan fingerprint density at radius 2 is 2.25 bits per heavy atom. The highest BCUT2D eigenvalue weighted by Gasteiger charge is 2.22. The van der Waals surface area contributed by atoms with Crippen molar-refractivity contribution in [1.29, 1.82) is 0 Å². The van der Waals surface area contributed by atoms with Crippen LogP contribution in [0.15, 0.2) is 34.6 Å². The van der Waals surface area contributed by atoms with Crippen LogP contribution in [0.4, 0.5) is 0 Å². The van der Waals surface area contributed by atoms with Crippen molar-refractivity contribution in [1.82, 2.24) is 15.6 Å². The number of aryl methyl sites for hydroxylation is 2. The Morgan fingerprint density at radius 1 is 1.38 bits per heavy atom. The minimum atomic E-state index is 0.166. The number of nitrogens with one attached hydrogen (secondary N) is 2. The molecule has 0 radical (unpaired) electrons. The summed E-state index contributed by atoms with van der Waals surface area (Å²) in [5.41, 5.74) is 2.39. The van der Waals surface area contributed by atoms with Crippen LogP contribution in [0.5, 0.6) is 5.75 Å². The molecule has 0 saturated carbocycles. The van der Waals surface area contributed by atoms with E-state index in [2.05, 4.69) is 38.1 Å². The molecule has 0 saturated heterocycles. The van der Waals surface area contributed by atoms with Crippen molar-refractivity contribution >= 4 is 17.3 Å². The van der Waals surface area contributed by atoms with E-state index in [1.165, 1.54) is 10.6 Å². The highest BCUT2D eigenvalue weighted by molar-refractivity contribution is 7.09. The molecule has 1 aliphatic rings. The summed E-state index contributed by atoms with van der Waals surface area (Å²) in [5, 5.41) is 10.0. The number of hydrogen-bond acceptors (Lipinski definition) is 4. The van der Waals surface area contributed by atoms with Crippen LogP contribution in [0.1, 0.15) is 22.7 Å². The SMILES string of the molecule is CN=C(NCCCc1nc(C)cs1)NCC1Cc2ccccc2O1. The molecule has 0 fully saturated rings. The molecule has 2 heterocycles. The Kier molecular flexibility index (Phi) is 5.69. The maximum absolute atomic E-state index is 5.94. The molecule has 2 aromatic rings. The van der Waals surface area contributed by atoms with Gasteiger partial charge in [0.1, 0.15) is 11.9 Å². The highest BCUT2D eigenvalue weighted by Crippen LogP contribution is 2.27. The lowest BCUT2D eigenvalue weighted by molar-refractivity contribution is 0.235. The minimum absolute atomic E-state index is 0.166. The zero-order valence-electron chi connectivity index (χ0n) is 14.2. The Hall–Kier alpha value is -2.08. The third-order valence-electron chi connectivity index (χ3n) is 3.96. The summed E-state index contributed by atoms with van der Waals surface area (Å²) in [5.74, 6) is 1.83. The number of benzene rings is 1. The molecule has 3 rings (SSSR count). The number of guanidine groups is 1. The number of para-hydroxylation sites is 1. The van der Waals surface area contributed by atoms with E-state index >= 15 is 0 Å². The molecular formula is C18H24N4OS. The molecule has 1 aromatic heterocycles. The van der Waals surface area contributed by atoms with E-state index < -0.39 is 0 Å². The van der Waals surface area contributed by atoms with Crippen molar-refractivity contribution in [3.63, 3.8) is 0 Å². The smallest absolute Gasteiger partial charge is 0.191 e. The quantitative estimate of drug-likeness (QED) is 0.480. The number of rotatable bonds is 6. The van der Waals surface area contributed by atoms with E-state index in [0.29, 0.717) is 0 Å². The Bertz CT molecular complexity index is 673. The third-order valence-corrected chi connectivity index (χ3v) is 4.99. The lowest BCUT2D eigenvalue weighted by Crippen LogP contribution is -2.42. The van der Waals surface area contributed by atoms with E-state index in [-0.39, 0.29) is 6.10 Å². The molecule has 6 heteroatoms. The summed E-state index contributed by atoms with van der Waals surface area (Å²) in [7, 11) is 1.80. The first kappa shape index (κ1) is 16.8. The molecule has 128 valence electrons. The standard InChI is InChI=1S/C18H24N4OS/c1-13-12-24-17(22-13)8-5-9-20-18(19-2)21-11-15-10-14-6-3-4-7-16(14)23-15/h3-4,6-7,12,15H,5,8-11H2,1-2H3,(H2,19,20,21). The van der Waals surface area contributed by atoms with Crippen LogP contribution in [0, 0.1) is 6.92 Å². The molecule has 1 atom stereocenters. The number of fused-ring (bicyclic) bond motifs is 1. The topological polar surface area (TPSA) is 58.5 Å². The lowest BCUT2D eigenvalue weighted by Gasteiger charge is -2.15. The minimum Gasteiger partial charge on any atom is -0.488 e. The molecule has 0 spiro atoms. The second-order valence-electron chi connectivity index (χ2n) is 5.92. The monoisotopic (exact) mass is 344 g/mol. The Labute approximate surface area is 147 Å². The van der Waals surface area contributed by atoms with E-state index in [1.807, 2.05) is 19.1 Å². The number of aromatic nitrogens is 1. The van der Waals surface area contributed by atoms with Crippen LogP contribution in [0.25, 0.3) is 0 Å². The van der Waals surface area contributed by atoms with E-state index in [9.17, 15) is 0 Å². The largest absolute Gasteiger partial charge is 0.488 e. The van der Waals surface area contributed by atoms with Gasteiger partial charge in [0.15, 0.2) is 5.96 Å². The van der Waals surface area contributed by atoms with Crippen molar-refractivity contribution < 1.29 is 4.74 Å². The predicted molar refractivity (Wildman–Crippen MR) is 99.1 cm³/mol. The van der Waals surface area contributed by atoms with Crippen molar-refractivity contribution in [2.75, 3.05) is 20.1 Å². The molecule has 2 N–H and O–H groups in total. The number of ether oxygens (including phenoxy) is 1. The molecule has 24 heavy (non-hydrogen) atoms. The first-order valence-corrected chi connectivity index (χ1v) is 9.22. The van der Waals surface area contributed by atoms with E-state index in [0.717, 1.165) is 49.8 Å². The zero-order chi connectivity index (χ0) is 16.8. The normalized spacial score (nSPS) is 16.6. The van der Waals surface area contributed by atoms with E-state index in [4.69, 9.17) is 4.74 Å². The molecule has 5 nitrogen and oxygen atoms in total.